The van der Waals surface area contributed by atoms with Gasteiger partial charge in [-0.25, -0.2) is 0 Å². The zero-order valence-corrected chi connectivity index (χ0v) is 16.3. The van der Waals surface area contributed by atoms with Gasteiger partial charge in [-0.3, -0.25) is 4.79 Å². The molecule has 0 saturated heterocycles. The van der Waals surface area contributed by atoms with E-state index < -0.39 is 0 Å². The van der Waals surface area contributed by atoms with Gasteiger partial charge in [0.1, 0.15) is 34.8 Å². The van der Waals surface area contributed by atoms with Crippen LogP contribution in [0.15, 0.2) is 12.1 Å². The van der Waals surface area contributed by atoms with E-state index in [4.69, 9.17) is 9.47 Å². The van der Waals surface area contributed by atoms with E-state index >= 15 is 0 Å². The molecule has 0 aliphatic heterocycles. The van der Waals surface area contributed by atoms with Gasteiger partial charge in [-0.05, 0) is 50.7 Å². The van der Waals surface area contributed by atoms with E-state index in [1.54, 1.807) is 19.1 Å². The molecule has 1 aromatic rings. The average molecular weight is 368 g/mol. The SMILES string of the molecule is CCCCCC1CCC(C(=O)Oc2ccc(OCC)c(C#N)c2C#N)CC1. The summed E-state index contributed by atoms with van der Waals surface area (Å²) >= 11 is 0. The second-order valence-electron chi connectivity index (χ2n) is 7.10. The van der Waals surface area contributed by atoms with Crippen molar-refractivity contribution in [3.63, 3.8) is 0 Å². The van der Waals surface area contributed by atoms with E-state index in [2.05, 4.69) is 6.92 Å². The molecule has 0 heterocycles. The van der Waals surface area contributed by atoms with Crippen molar-refractivity contribution in [1.29, 1.82) is 10.5 Å². The van der Waals surface area contributed by atoms with Gasteiger partial charge in [0.05, 0.1) is 12.5 Å². The Labute approximate surface area is 161 Å². The van der Waals surface area contributed by atoms with Gasteiger partial charge in [0.15, 0.2) is 0 Å². The number of hydrogen-bond donors (Lipinski definition) is 0. The maximum absolute atomic E-state index is 12.6. The molecule has 1 aromatic carbocycles. The highest BCUT2D eigenvalue weighted by molar-refractivity contribution is 5.77. The summed E-state index contributed by atoms with van der Waals surface area (Å²) in [6.07, 6.45) is 8.80. The molecular weight excluding hydrogens is 340 g/mol. The number of unbranched alkanes of at least 4 members (excludes halogenated alkanes) is 2. The number of rotatable bonds is 8. The smallest absolute Gasteiger partial charge is 0.314 e. The lowest BCUT2D eigenvalue weighted by molar-refractivity contribution is -0.140. The molecule has 2 rings (SSSR count). The third-order valence-corrected chi connectivity index (χ3v) is 5.26. The third kappa shape index (κ3) is 5.47. The number of nitrogens with zero attached hydrogens (tertiary/aromatic N) is 2. The summed E-state index contributed by atoms with van der Waals surface area (Å²) in [5.41, 5.74) is 0.175. The Morgan fingerprint density at radius 3 is 2.26 bits per heavy atom. The Morgan fingerprint density at radius 2 is 1.67 bits per heavy atom. The van der Waals surface area contributed by atoms with Crippen LogP contribution in [-0.4, -0.2) is 12.6 Å². The van der Waals surface area contributed by atoms with E-state index in [1.807, 2.05) is 12.1 Å². The van der Waals surface area contributed by atoms with Crippen LogP contribution in [-0.2, 0) is 4.79 Å². The lowest BCUT2D eigenvalue weighted by atomic mass is 9.80. The van der Waals surface area contributed by atoms with Crippen molar-refractivity contribution >= 4 is 5.97 Å². The second-order valence-corrected chi connectivity index (χ2v) is 7.10. The van der Waals surface area contributed by atoms with Crippen LogP contribution in [0.5, 0.6) is 11.5 Å². The molecule has 5 heteroatoms. The summed E-state index contributed by atoms with van der Waals surface area (Å²) in [6.45, 7) is 4.40. The first-order valence-electron chi connectivity index (χ1n) is 9.96. The molecule has 144 valence electrons. The summed E-state index contributed by atoms with van der Waals surface area (Å²) in [5, 5.41) is 18.8. The molecule has 5 nitrogen and oxygen atoms in total. The van der Waals surface area contributed by atoms with Crippen molar-refractivity contribution in [2.45, 2.75) is 65.2 Å². The quantitative estimate of drug-likeness (QED) is 0.361. The van der Waals surface area contributed by atoms with E-state index in [-0.39, 0.29) is 28.8 Å². The summed E-state index contributed by atoms with van der Waals surface area (Å²) in [4.78, 5) is 12.6. The minimum absolute atomic E-state index is 0.0602. The van der Waals surface area contributed by atoms with Crippen molar-refractivity contribution in [1.82, 2.24) is 0 Å². The molecule has 1 aliphatic rings. The average Bonchev–Trinajstić information content (AvgIpc) is 2.69. The van der Waals surface area contributed by atoms with Crippen LogP contribution in [0.3, 0.4) is 0 Å². The van der Waals surface area contributed by atoms with E-state index in [9.17, 15) is 15.3 Å². The molecule has 27 heavy (non-hydrogen) atoms. The number of hydrogen-bond acceptors (Lipinski definition) is 5. The number of carbonyl (C=O) groups is 1. The summed E-state index contributed by atoms with van der Waals surface area (Å²) in [5.74, 6) is 0.769. The first kappa shape index (κ1) is 20.8. The van der Waals surface area contributed by atoms with Crippen LogP contribution >= 0.6 is 0 Å². The van der Waals surface area contributed by atoms with Crippen LogP contribution in [0.1, 0.15) is 76.3 Å². The number of esters is 1. The van der Waals surface area contributed by atoms with Crippen LogP contribution in [0.2, 0.25) is 0 Å². The van der Waals surface area contributed by atoms with Crippen molar-refractivity contribution < 1.29 is 14.3 Å². The molecule has 0 atom stereocenters. The zero-order chi connectivity index (χ0) is 19.6. The molecule has 0 bridgehead atoms. The van der Waals surface area contributed by atoms with Crippen molar-refractivity contribution in [2.75, 3.05) is 6.61 Å². The molecule has 0 spiro atoms. The fraction of sp³-hybridized carbons (Fsp3) is 0.591. The lowest BCUT2D eigenvalue weighted by Crippen LogP contribution is -2.26. The van der Waals surface area contributed by atoms with Crippen molar-refractivity contribution in [3.8, 4) is 23.6 Å². The maximum Gasteiger partial charge on any atom is 0.314 e. The molecule has 0 radical (unpaired) electrons. The topological polar surface area (TPSA) is 83.1 Å². The Hall–Kier alpha value is -2.53. The zero-order valence-electron chi connectivity index (χ0n) is 16.3. The summed E-state index contributed by atoms with van der Waals surface area (Å²) in [6, 6.07) is 7.08. The van der Waals surface area contributed by atoms with Gasteiger partial charge in [0.2, 0.25) is 0 Å². The number of carbonyl (C=O) groups excluding carboxylic acids is 1. The molecule has 1 saturated carbocycles. The summed E-state index contributed by atoms with van der Waals surface area (Å²) < 4.78 is 10.9. The molecule has 0 aromatic heterocycles. The highest BCUT2D eigenvalue weighted by Crippen LogP contribution is 2.34. The molecule has 0 amide bonds. The fourth-order valence-corrected chi connectivity index (χ4v) is 3.71. The number of benzene rings is 1. The van der Waals surface area contributed by atoms with Gasteiger partial charge in [0, 0.05) is 0 Å². The molecule has 0 unspecified atom stereocenters. The normalized spacial score (nSPS) is 19.0. The largest absolute Gasteiger partial charge is 0.492 e. The van der Waals surface area contributed by atoms with Crippen LogP contribution < -0.4 is 9.47 Å². The van der Waals surface area contributed by atoms with Crippen LogP contribution in [0, 0.1) is 34.5 Å². The van der Waals surface area contributed by atoms with Crippen molar-refractivity contribution in [2.24, 2.45) is 11.8 Å². The van der Waals surface area contributed by atoms with E-state index in [0.29, 0.717) is 18.3 Å². The molecule has 1 fully saturated rings. The highest BCUT2D eigenvalue weighted by atomic mass is 16.5. The molecule has 0 N–H and O–H groups in total. The monoisotopic (exact) mass is 368 g/mol. The Bertz CT molecular complexity index is 722. The van der Waals surface area contributed by atoms with Gasteiger partial charge in [-0.15, -0.1) is 0 Å². The minimum atomic E-state index is -0.299. The lowest BCUT2D eigenvalue weighted by Gasteiger charge is -2.27. The predicted molar refractivity (Wildman–Crippen MR) is 102 cm³/mol. The second kappa shape index (κ2) is 10.6. The third-order valence-electron chi connectivity index (χ3n) is 5.26. The minimum Gasteiger partial charge on any atom is -0.492 e. The maximum atomic E-state index is 12.6. The Kier molecular flexibility index (Phi) is 8.14. The van der Waals surface area contributed by atoms with Gasteiger partial charge in [-0.1, -0.05) is 32.6 Å². The Balaban J connectivity index is 2.00. The van der Waals surface area contributed by atoms with Gasteiger partial charge < -0.3 is 9.47 Å². The standard InChI is InChI=1S/C22H28N2O3/c1-3-5-6-7-16-8-10-17(11-9-16)22(25)27-21-13-12-20(26-4-2)18(14-23)19(21)15-24/h12-13,16-17H,3-11H2,1-2H3. The summed E-state index contributed by atoms with van der Waals surface area (Å²) in [7, 11) is 0. The number of nitriles is 2. The molecular formula is C22H28N2O3. The highest BCUT2D eigenvalue weighted by Gasteiger charge is 2.28. The van der Waals surface area contributed by atoms with Crippen LogP contribution in [0.25, 0.3) is 0 Å². The van der Waals surface area contributed by atoms with E-state index in [1.165, 1.54) is 25.7 Å². The first-order valence-corrected chi connectivity index (χ1v) is 9.96. The predicted octanol–water partition coefficient (Wildman–Crippen LogP) is 5.12. The Morgan fingerprint density at radius 1 is 1.04 bits per heavy atom. The van der Waals surface area contributed by atoms with Crippen molar-refractivity contribution in [3.05, 3.63) is 23.3 Å². The van der Waals surface area contributed by atoms with E-state index in [0.717, 1.165) is 25.7 Å². The molecule has 1 aliphatic carbocycles. The van der Waals surface area contributed by atoms with Gasteiger partial charge >= 0.3 is 5.97 Å². The number of ether oxygens (including phenoxy) is 2. The first-order chi connectivity index (χ1) is 13.1. The van der Waals surface area contributed by atoms with Crippen LogP contribution in [0.4, 0.5) is 0 Å². The van der Waals surface area contributed by atoms with Gasteiger partial charge in [0.25, 0.3) is 0 Å². The van der Waals surface area contributed by atoms with Gasteiger partial charge in [-0.2, -0.15) is 10.5 Å². The fourth-order valence-electron chi connectivity index (χ4n) is 3.71.